The van der Waals surface area contributed by atoms with Gasteiger partial charge in [0.15, 0.2) is 23.0 Å². The Morgan fingerprint density at radius 3 is 2.08 bits per heavy atom. The molecule has 0 spiro atoms. The molecule has 1 aliphatic rings. The highest BCUT2D eigenvalue weighted by atomic mass is 16.6. The van der Waals surface area contributed by atoms with E-state index in [4.69, 9.17) is 14.2 Å². The van der Waals surface area contributed by atoms with Crippen LogP contribution in [0.4, 0.5) is 0 Å². The average Bonchev–Trinajstić information content (AvgIpc) is 2.87. The molecule has 1 saturated carbocycles. The lowest BCUT2D eigenvalue weighted by atomic mass is 9.79. The molecular formula is C26H26O12. The summed E-state index contributed by atoms with van der Waals surface area (Å²) in [5.41, 5.74) is -1.56. The van der Waals surface area contributed by atoms with Gasteiger partial charge in [-0.25, -0.2) is 14.4 Å². The second kappa shape index (κ2) is 11.7. The minimum atomic E-state index is -2.32. The van der Waals surface area contributed by atoms with E-state index in [1.165, 1.54) is 49.6 Å². The molecule has 2 aromatic carbocycles. The van der Waals surface area contributed by atoms with Gasteiger partial charge in [-0.05, 0) is 47.5 Å². The van der Waals surface area contributed by atoms with Crippen LogP contribution in [0.3, 0.4) is 0 Å². The summed E-state index contributed by atoms with van der Waals surface area (Å²) in [4.78, 5) is 36.9. The standard InChI is InChI=1S/C26H26O12/c1-36-20-11-15(3-7-17(20)28)4-8-22(31)37-21-13-26(25(34)35,12-19(30)24(21)33)38-23(32)9-5-14-2-6-16(27)18(29)10-14/h2-11,19,21,24,27-30,33H,12-13H2,1H3,(H,34,35)/b8-4+,9-5+/t19-,21-,24-,26+/m1/s1. The molecule has 0 radical (unpaired) electrons. The maximum atomic E-state index is 12.4. The van der Waals surface area contributed by atoms with Gasteiger partial charge in [-0.2, -0.15) is 0 Å². The normalized spacial score (nSPS) is 23.3. The lowest BCUT2D eigenvalue weighted by molar-refractivity contribution is -0.207. The number of ether oxygens (including phenoxy) is 3. The number of rotatable bonds is 8. The van der Waals surface area contributed by atoms with E-state index in [0.717, 1.165) is 18.2 Å². The zero-order valence-corrected chi connectivity index (χ0v) is 20.1. The van der Waals surface area contributed by atoms with Gasteiger partial charge in [0.1, 0.15) is 12.2 Å². The van der Waals surface area contributed by atoms with Gasteiger partial charge in [0.2, 0.25) is 5.60 Å². The van der Waals surface area contributed by atoms with Crippen LogP contribution in [-0.4, -0.2) is 79.6 Å². The summed E-state index contributed by atoms with van der Waals surface area (Å²) in [6, 6.07) is 8.00. The Kier molecular flexibility index (Phi) is 8.61. The number of carbonyl (C=O) groups is 3. The maximum absolute atomic E-state index is 12.4. The van der Waals surface area contributed by atoms with E-state index in [1.807, 2.05) is 0 Å². The van der Waals surface area contributed by atoms with Crippen molar-refractivity contribution in [2.75, 3.05) is 7.11 Å². The number of aromatic hydroxyl groups is 3. The van der Waals surface area contributed by atoms with Crippen LogP contribution >= 0.6 is 0 Å². The summed E-state index contributed by atoms with van der Waals surface area (Å²) < 4.78 is 15.3. The summed E-state index contributed by atoms with van der Waals surface area (Å²) in [7, 11) is 1.35. The predicted molar refractivity (Wildman–Crippen MR) is 130 cm³/mol. The molecule has 0 aliphatic heterocycles. The predicted octanol–water partition coefficient (Wildman–Crippen LogP) is 1.33. The van der Waals surface area contributed by atoms with Crippen molar-refractivity contribution in [3.8, 4) is 23.0 Å². The third-order valence-corrected chi connectivity index (χ3v) is 5.83. The van der Waals surface area contributed by atoms with E-state index in [1.54, 1.807) is 0 Å². The molecule has 6 N–H and O–H groups in total. The van der Waals surface area contributed by atoms with Crippen LogP contribution < -0.4 is 4.74 Å². The number of phenolic OH excluding ortho intramolecular Hbond substituents is 3. The molecule has 0 heterocycles. The Labute approximate surface area is 216 Å². The molecule has 1 fully saturated rings. The van der Waals surface area contributed by atoms with Gasteiger partial charge in [-0.1, -0.05) is 12.1 Å². The second-order valence-corrected chi connectivity index (χ2v) is 8.51. The number of hydrogen-bond donors (Lipinski definition) is 6. The number of aliphatic hydroxyl groups is 2. The maximum Gasteiger partial charge on any atom is 0.348 e. The molecule has 0 aromatic heterocycles. The molecule has 12 nitrogen and oxygen atoms in total. The Balaban J connectivity index is 1.73. The van der Waals surface area contributed by atoms with Crippen molar-refractivity contribution >= 4 is 30.1 Å². The fourth-order valence-electron chi connectivity index (χ4n) is 3.83. The summed E-state index contributed by atoms with van der Waals surface area (Å²) in [5, 5.41) is 59.0. The number of methoxy groups -OCH3 is 1. The molecule has 0 amide bonds. The van der Waals surface area contributed by atoms with Crippen molar-refractivity contribution in [1.82, 2.24) is 0 Å². The van der Waals surface area contributed by atoms with Crippen LogP contribution in [0.15, 0.2) is 48.6 Å². The Morgan fingerprint density at radius 2 is 1.47 bits per heavy atom. The van der Waals surface area contributed by atoms with Crippen molar-refractivity contribution < 1.29 is 59.2 Å². The number of carboxylic acids is 1. The van der Waals surface area contributed by atoms with Gasteiger partial charge in [0, 0.05) is 25.0 Å². The third-order valence-electron chi connectivity index (χ3n) is 5.83. The molecule has 0 bridgehead atoms. The first-order chi connectivity index (χ1) is 17.9. The van der Waals surface area contributed by atoms with E-state index >= 15 is 0 Å². The zero-order valence-electron chi connectivity index (χ0n) is 20.1. The van der Waals surface area contributed by atoms with Crippen LogP contribution in [0.2, 0.25) is 0 Å². The number of phenols is 3. The first kappa shape index (κ1) is 28.0. The van der Waals surface area contributed by atoms with Gasteiger partial charge in [-0.3, -0.25) is 0 Å². The molecule has 0 saturated heterocycles. The van der Waals surface area contributed by atoms with E-state index < -0.39 is 60.4 Å². The minimum absolute atomic E-state index is 0.109. The van der Waals surface area contributed by atoms with Gasteiger partial charge in [0.25, 0.3) is 0 Å². The fraction of sp³-hybridized carbons (Fsp3) is 0.269. The summed E-state index contributed by atoms with van der Waals surface area (Å²) >= 11 is 0. The van der Waals surface area contributed by atoms with Crippen molar-refractivity contribution in [2.24, 2.45) is 0 Å². The number of aliphatic hydroxyl groups excluding tert-OH is 2. The second-order valence-electron chi connectivity index (χ2n) is 8.51. The van der Waals surface area contributed by atoms with E-state index in [2.05, 4.69) is 0 Å². The van der Waals surface area contributed by atoms with Crippen molar-refractivity contribution in [2.45, 2.75) is 36.8 Å². The number of benzene rings is 2. The SMILES string of the molecule is COc1cc(/C=C/C(=O)O[C@@H]2C[C@](OC(=O)/C=C/c3ccc(O)c(O)c3)(C(=O)O)C[C@@H](O)[C@H]2O)ccc1O. The molecule has 38 heavy (non-hydrogen) atoms. The molecule has 202 valence electrons. The topological polar surface area (TPSA) is 200 Å². The van der Waals surface area contributed by atoms with Crippen molar-refractivity contribution in [3.05, 3.63) is 59.7 Å². The van der Waals surface area contributed by atoms with Crippen molar-refractivity contribution in [3.63, 3.8) is 0 Å². The number of carbonyl (C=O) groups excluding carboxylic acids is 2. The van der Waals surface area contributed by atoms with Gasteiger partial charge < -0.3 is 44.8 Å². The van der Waals surface area contributed by atoms with Crippen molar-refractivity contribution in [1.29, 1.82) is 0 Å². The third kappa shape index (κ3) is 6.60. The Hall–Kier alpha value is -4.55. The number of aliphatic carboxylic acids is 1. The van der Waals surface area contributed by atoms with Crippen LogP contribution in [0.1, 0.15) is 24.0 Å². The van der Waals surface area contributed by atoms with E-state index in [9.17, 15) is 45.0 Å². The molecule has 0 unspecified atom stereocenters. The lowest BCUT2D eigenvalue weighted by Crippen LogP contribution is -2.58. The first-order valence-electron chi connectivity index (χ1n) is 11.2. The van der Waals surface area contributed by atoms with Crippen LogP contribution in [0.25, 0.3) is 12.2 Å². The van der Waals surface area contributed by atoms with Crippen LogP contribution in [0.5, 0.6) is 23.0 Å². The Morgan fingerprint density at radius 1 is 0.868 bits per heavy atom. The van der Waals surface area contributed by atoms with E-state index in [-0.39, 0.29) is 17.2 Å². The number of carboxylic acid groups (broad SMARTS) is 1. The van der Waals surface area contributed by atoms with Gasteiger partial charge in [-0.15, -0.1) is 0 Å². The van der Waals surface area contributed by atoms with E-state index in [0.29, 0.717) is 11.1 Å². The molecule has 2 aromatic rings. The Bertz CT molecular complexity index is 1270. The molecular weight excluding hydrogens is 504 g/mol. The smallest absolute Gasteiger partial charge is 0.348 e. The summed E-state index contributed by atoms with van der Waals surface area (Å²) in [6.07, 6.45) is -1.80. The fourth-order valence-corrected chi connectivity index (χ4v) is 3.83. The van der Waals surface area contributed by atoms with Gasteiger partial charge >= 0.3 is 17.9 Å². The highest BCUT2D eigenvalue weighted by Gasteiger charge is 2.54. The van der Waals surface area contributed by atoms with Crippen LogP contribution in [0, 0.1) is 0 Å². The first-order valence-corrected chi connectivity index (χ1v) is 11.2. The largest absolute Gasteiger partial charge is 0.504 e. The summed E-state index contributed by atoms with van der Waals surface area (Å²) in [6.45, 7) is 0. The molecule has 1 aliphatic carbocycles. The number of hydrogen-bond acceptors (Lipinski definition) is 11. The molecule has 4 atom stereocenters. The van der Waals surface area contributed by atoms with Crippen LogP contribution in [-0.2, 0) is 23.9 Å². The molecule has 12 heteroatoms. The lowest BCUT2D eigenvalue weighted by Gasteiger charge is -2.41. The highest BCUT2D eigenvalue weighted by molar-refractivity contribution is 5.91. The zero-order chi connectivity index (χ0) is 28.0. The minimum Gasteiger partial charge on any atom is -0.504 e. The van der Waals surface area contributed by atoms with Gasteiger partial charge in [0.05, 0.1) is 13.2 Å². The monoisotopic (exact) mass is 530 g/mol. The summed E-state index contributed by atoms with van der Waals surface area (Å²) in [5.74, 6) is -4.47. The highest BCUT2D eigenvalue weighted by Crippen LogP contribution is 2.35. The molecule has 3 rings (SSSR count). The quantitative estimate of drug-likeness (QED) is 0.163. The number of esters is 2. The average molecular weight is 530 g/mol.